The Morgan fingerprint density at radius 3 is 2.41 bits per heavy atom. The Labute approximate surface area is 240 Å². The highest BCUT2D eigenvalue weighted by Crippen LogP contribution is 2.67. The standard InChI is InChI=1S/C32H38N2O7/c1-6-30-14-7-16-34-17-15-31(27(30)34)24-13-12-23(39-5)18-25(24)33(3)28(31)32(37,29(30)41-20(2)35)19-40-26(36)21-8-10-22(38-4)11-9-21/h7-14,18,27-29,37H,6,15-17,19H2,1-5H3/t27?,28-,29-,30-,31-,32+/m1/s1. The highest BCUT2D eigenvalue weighted by atomic mass is 16.6. The molecule has 3 heterocycles. The summed E-state index contributed by atoms with van der Waals surface area (Å²) in [5.41, 5.74) is -0.523. The van der Waals surface area contributed by atoms with Crippen LogP contribution in [0.15, 0.2) is 54.6 Å². The number of carbonyl (C=O) groups is 2. The summed E-state index contributed by atoms with van der Waals surface area (Å²) in [6.07, 6.45) is 4.73. The van der Waals surface area contributed by atoms with Gasteiger partial charge in [0, 0.05) is 49.1 Å². The van der Waals surface area contributed by atoms with Crippen molar-refractivity contribution in [3.63, 3.8) is 0 Å². The van der Waals surface area contributed by atoms with Gasteiger partial charge in [-0.3, -0.25) is 9.69 Å². The summed E-state index contributed by atoms with van der Waals surface area (Å²) in [5.74, 6) is 0.280. The number of benzene rings is 2. The third-order valence-corrected chi connectivity index (χ3v) is 9.98. The smallest absolute Gasteiger partial charge is 0.338 e. The van der Waals surface area contributed by atoms with E-state index in [2.05, 4.69) is 34.9 Å². The Balaban J connectivity index is 1.51. The summed E-state index contributed by atoms with van der Waals surface area (Å²) in [7, 11) is 5.15. The minimum atomic E-state index is -1.74. The van der Waals surface area contributed by atoms with Gasteiger partial charge in [0.05, 0.1) is 25.8 Å². The zero-order chi connectivity index (χ0) is 29.2. The number of fused-ring (bicyclic) bond motifs is 1. The van der Waals surface area contributed by atoms with E-state index in [4.69, 9.17) is 18.9 Å². The van der Waals surface area contributed by atoms with Crippen LogP contribution < -0.4 is 14.4 Å². The Morgan fingerprint density at radius 2 is 1.76 bits per heavy atom. The zero-order valence-electron chi connectivity index (χ0n) is 24.3. The Morgan fingerprint density at radius 1 is 1.05 bits per heavy atom. The van der Waals surface area contributed by atoms with Gasteiger partial charge < -0.3 is 29.0 Å². The van der Waals surface area contributed by atoms with Gasteiger partial charge in [0.25, 0.3) is 0 Å². The minimum Gasteiger partial charge on any atom is -0.497 e. The van der Waals surface area contributed by atoms with Gasteiger partial charge in [-0.25, -0.2) is 4.79 Å². The number of methoxy groups -OCH3 is 2. The molecule has 3 aliphatic heterocycles. The first-order valence-corrected chi connectivity index (χ1v) is 14.2. The van der Waals surface area contributed by atoms with Crippen molar-refractivity contribution in [2.24, 2.45) is 5.41 Å². The molecular weight excluding hydrogens is 524 g/mol. The Hall–Kier alpha value is -3.56. The molecule has 1 unspecified atom stereocenters. The number of rotatable bonds is 7. The molecule has 1 aliphatic carbocycles. The van der Waals surface area contributed by atoms with Crippen LogP contribution in [0.4, 0.5) is 5.69 Å². The van der Waals surface area contributed by atoms with E-state index in [1.807, 2.05) is 19.2 Å². The number of nitrogens with zero attached hydrogens (tertiary/aromatic N) is 2. The molecule has 1 N–H and O–H groups in total. The van der Waals surface area contributed by atoms with Gasteiger partial charge in [0.1, 0.15) is 24.2 Å². The van der Waals surface area contributed by atoms with Gasteiger partial charge in [-0.1, -0.05) is 25.1 Å². The van der Waals surface area contributed by atoms with Gasteiger partial charge in [-0.15, -0.1) is 0 Å². The van der Waals surface area contributed by atoms with Crippen LogP contribution >= 0.6 is 0 Å². The van der Waals surface area contributed by atoms with E-state index in [0.717, 1.165) is 36.5 Å². The summed E-state index contributed by atoms with van der Waals surface area (Å²) in [6.45, 7) is 4.72. The van der Waals surface area contributed by atoms with Gasteiger partial charge in [0.15, 0.2) is 5.60 Å². The average Bonchev–Trinajstić information content (AvgIpc) is 3.50. The molecule has 2 aromatic carbocycles. The topological polar surface area (TPSA) is 97.8 Å². The number of carbonyl (C=O) groups excluding carboxylic acids is 2. The highest BCUT2D eigenvalue weighted by Gasteiger charge is 2.78. The van der Waals surface area contributed by atoms with Crippen molar-refractivity contribution in [3.05, 3.63) is 65.7 Å². The lowest BCUT2D eigenvalue weighted by molar-refractivity contribution is -0.228. The fourth-order valence-corrected chi connectivity index (χ4v) is 8.60. The van der Waals surface area contributed by atoms with E-state index in [1.54, 1.807) is 38.5 Å². The van der Waals surface area contributed by atoms with Crippen LogP contribution in [0.25, 0.3) is 0 Å². The van der Waals surface area contributed by atoms with Crippen LogP contribution in [0.5, 0.6) is 11.5 Å². The van der Waals surface area contributed by atoms with Crippen molar-refractivity contribution in [2.45, 2.75) is 55.9 Å². The normalized spacial score (nSPS) is 33.0. The largest absolute Gasteiger partial charge is 0.497 e. The van der Waals surface area contributed by atoms with Crippen molar-refractivity contribution < 1.29 is 33.6 Å². The first-order chi connectivity index (χ1) is 19.7. The predicted molar refractivity (Wildman–Crippen MR) is 152 cm³/mol. The van der Waals surface area contributed by atoms with Crippen LogP contribution in [0.3, 0.4) is 0 Å². The van der Waals surface area contributed by atoms with Crippen LogP contribution in [0.1, 0.15) is 42.6 Å². The molecule has 9 nitrogen and oxygen atoms in total. The fourth-order valence-electron chi connectivity index (χ4n) is 8.60. The summed E-state index contributed by atoms with van der Waals surface area (Å²) in [5, 5.41) is 13.0. The molecule has 0 aromatic heterocycles. The van der Waals surface area contributed by atoms with E-state index in [-0.39, 0.29) is 12.6 Å². The van der Waals surface area contributed by atoms with E-state index in [0.29, 0.717) is 17.7 Å². The lowest BCUT2D eigenvalue weighted by Gasteiger charge is -2.64. The van der Waals surface area contributed by atoms with Gasteiger partial charge >= 0.3 is 11.9 Å². The van der Waals surface area contributed by atoms with Crippen LogP contribution in [-0.2, 0) is 19.7 Å². The highest BCUT2D eigenvalue weighted by molar-refractivity contribution is 5.89. The van der Waals surface area contributed by atoms with Crippen LogP contribution in [0.2, 0.25) is 0 Å². The summed E-state index contributed by atoms with van der Waals surface area (Å²) >= 11 is 0. The molecule has 218 valence electrons. The van der Waals surface area contributed by atoms with Gasteiger partial charge in [-0.2, -0.15) is 0 Å². The molecule has 41 heavy (non-hydrogen) atoms. The number of likely N-dealkylation sites (N-methyl/N-ethyl adjacent to an activating group) is 1. The summed E-state index contributed by atoms with van der Waals surface area (Å²) < 4.78 is 22.8. The number of anilines is 1. The molecule has 4 aliphatic rings. The van der Waals surface area contributed by atoms with E-state index in [9.17, 15) is 14.7 Å². The van der Waals surface area contributed by atoms with Crippen LogP contribution in [-0.4, -0.2) is 86.7 Å². The molecule has 0 amide bonds. The molecule has 2 fully saturated rings. The molecular formula is C32H38N2O7. The maximum Gasteiger partial charge on any atom is 0.338 e. The molecule has 1 saturated carbocycles. The fraction of sp³-hybridized carbons (Fsp3) is 0.500. The number of hydrogen-bond acceptors (Lipinski definition) is 9. The quantitative estimate of drug-likeness (QED) is 0.403. The zero-order valence-corrected chi connectivity index (χ0v) is 24.3. The molecule has 0 radical (unpaired) electrons. The number of ether oxygens (including phenoxy) is 4. The van der Waals surface area contributed by atoms with E-state index in [1.165, 1.54) is 6.92 Å². The number of esters is 2. The van der Waals surface area contributed by atoms with E-state index >= 15 is 0 Å². The van der Waals surface area contributed by atoms with Crippen molar-refractivity contribution in [1.82, 2.24) is 4.90 Å². The first kappa shape index (κ1) is 27.6. The van der Waals surface area contributed by atoms with Crippen molar-refractivity contribution in [1.29, 1.82) is 0 Å². The van der Waals surface area contributed by atoms with Crippen LogP contribution in [0, 0.1) is 5.41 Å². The summed E-state index contributed by atoms with van der Waals surface area (Å²) in [6, 6.07) is 12.2. The molecule has 1 spiro atoms. The SMILES string of the molecule is CC[C@]12C=CCN3CC[C@@]4(c5ccc(OC)cc5N(C)[C@H]4[C@@](O)(COC(=O)c4ccc(OC)cc4)[C@@H]1OC(C)=O)C32. The van der Waals surface area contributed by atoms with Crippen molar-refractivity contribution in [3.8, 4) is 11.5 Å². The third-order valence-electron chi connectivity index (χ3n) is 9.98. The molecule has 9 heteroatoms. The number of hydrogen-bond donors (Lipinski definition) is 1. The summed E-state index contributed by atoms with van der Waals surface area (Å²) in [4.78, 5) is 30.5. The van der Waals surface area contributed by atoms with Crippen molar-refractivity contribution in [2.75, 3.05) is 45.9 Å². The van der Waals surface area contributed by atoms with E-state index < -0.39 is 40.5 Å². The second kappa shape index (κ2) is 9.77. The maximum absolute atomic E-state index is 13.3. The maximum atomic E-state index is 13.3. The lowest BCUT2D eigenvalue weighted by Crippen LogP contribution is -2.80. The molecule has 1 saturated heterocycles. The first-order valence-electron chi connectivity index (χ1n) is 14.2. The Bertz CT molecular complexity index is 1390. The molecule has 2 aromatic rings. The van der Waals surface area contributed by atoms with Gasteiger partial charge in [0.2, 0.25) is 0 Å². The Kier molecular flexibility index (Phi) is 6.58. The second-order valence-electron chi connectivity index (χ2n) is 11.7. The minimum absolute atomic E-state index is 0.0333. The molecule has 6 rings (SSSR count). The third kappa shape index (κ3) is 3.74. The predicted octanol–water partition coefficient (Wildman–Crippen LogP) is 3.33. The molecule has 0 bridgehead atoms. The number of aliphatic hydroxyl groups is 1. The molecule has 6 atom stereocenters. The monoisotopic (exact) mass is 562 g/mol. The van der Waals surface area contributed by atoms with Gasteiger partial charge in [-0.05, 0) is 55.3 Å². The average molecular weight is 563 g/mol. The lowest BCUT2D eigenvalue weighted by atomic mass is 9.48. The second-order valence-corrected chi connectivity index (χ2v) is 11.7. The van der Waals surface area contributed by atoms with Crippen molar-refractivity contribution >= 4 is 17.6 Å².